The molecule has 0 aromatic carbocycles. The summed E-state index contributed by atoms with van der Waals surface area (Å²) in [4.78, 5) is 5.70. The van der Waals surface area contributed by atoms with Crippen LogP contribution < -0.4 is 0 Å². The van der Waals surface area contributed by atoms with Gasteiger partial charge in [0.15, 0.2) is 0 Å². The zero-order valence-electron chi connectivity index (χ0n) is 7.92. The van der Waals surface area contributed by atoms with E-state index in [1.165, 1.54) is 24.1 Å². The summed E-state index contributed by atoms with van der Waals surface area (Å²) >= 11 is 0. The fraction of sp³-hybridized carbons (Fsp3) is 0.455. The molecule has 1 saturated heterocycles. The molecular weight excluding hydrogens is 160 g/mol. The molecule has 0 bridgehead atoms. The van der Waals surface area contributed by atoms with Gasteiger partial charge in [0.05, 0.1) is 0 Å². The summed E-state index contributed by atoms with van der Waals surface area (Å²) in [6.07, 6.45) is 4.32. The summed E-state index contributed by atoms with van der Waals surface area (Å²) < 4.78 is 0. The van der Waals surface area contributed by atoms with Crippen LogP contribution >= 0.6 is 0 Å². The Balaban J connectivity index is 1.86. The molecule has 0 radical (unpaired) electrons. The number of rotatable bonds is 2. The summed E-state index contributed by atoms with van der Waals surface area (Å²) in [6.45, 7) is 7.40. The second-order valence-corrected chi connectivity index (χ2v) is 3.72. The van der Waals surface area contributed by atoms with Crippen molar-refractivity contribution < 1.29 is 0 Å². The van der Waals surface area contributed by atoms with Gasteiger partial charge in [0.1, 0.15) is 0 Å². The van der Waals surface area contributed by atoms with Gasteiger partial charge in [-0.05, 0) is 25.0 Å². The van der Waals surface area contributed by atoms with Crippen LogP contribution in [0.5, 0.6) is 0 Å². The van der Waals surface area contributed by atoms with E-state index in [1.807, 2.05) is 6.20 Å². The summed E-state index contributed by atoms with van der Waals surface area (Å²) in [5.74, 6) is 0. The number of hydrogen-bond donors (Lipinski definition) is 1. The first-order valence-electron chi connectivity index (χ1n) is 4.86. The topological polar surface area (TPSA) is 19.0 Å². The lowest BCUT2D eigenvalue weighted by atomic mass is 10.1. The third kappa shape index (κ3) is 2.22. The van der Waals surface area contributed by atoms with Crippen molar-refractivity contribution in [2.24, 2.45) is 0 Å². The van der Waals surface area contributed by atoms with Crippen LogP contribution in [-0.4, -0.2) is 23.0 Å². The number of nitrogens with one attached hydrogen (secondary N) is 1. The molecule has 1 aliphatic heterocycles. The maximum Gasteiger partial charge on any atom is 0.0385 e. The maximum atomic E-state index is 4.01. The molecule has 13 heavy (non-hydrogen) atoms. The van der Waals surface area contributed by atoms with E-state index in [0.29, 0.717) is 0 Å². The lowest BCUT2D eigenvalue weighted by molar-refractivity contribution is 0.246. The highest BCUT2D eigenvalue weighted by molar-refractivity contribution is 5.05. The summed E-state index contributed by atoms with van der Waals surface area (Å²) in [6, 6.07) is 4.20. The van der Waals surface area contributed by atoms with E-state index >= 15 is 0 Å². The van der Waals surface area contributed by atoms with Gasteiger partial charge in [-0.3, -0.25) is 4.90 Å². The third-order valence-corrected chi connectivity index (χ3v) is 2.62. The van der Waals surface area contributed by atoms with E-state index in [9.17, 15) is 0 Å². The molecular formula is C11H16N2. The Labute approximate surface area is 79.3 Å². The van der Waals surface area contributed by atoms with Crippen molar-refractivity contribution in [2.45, 2.75) is 19.4 Å². The number of likely N-dealkylation sites (tertiary alicyclic amines) is 1. The van der Waals surface area contributed by atoms with Gasteiger partial charge in [-0.25, -0.2) is 0 Å². The minimum absolute atomic E-state index is 1.06. The van der Waals surface area contributed by atoms with Crippen LogP contribution in [0, 0.1) is 0 Å². The Kier molecular flexibility index (Phi) is 2.50. The van der Waals surface area contributed by atoms with Gasteiger partial charge in [-0.1, -0.05) is 12.2 Å². The average molecular weight is 176 g/mol. The van der Waals surface area contributed by atoms with Crippen molar-refractivity contribution >= 4 is 0 Å². The number of piperidine rings is 1. The van der Waals surface area contributed by atoms with E-state index < -0.39 is 0 Å². The van der Waals surface area contributed by atoms with Gasteiger partial charge in [0, 0.05) is 31.5 Å². The molecule has 1 aliphatic rings. The minimum Gasteiger partial charge on any atom is -0.364 e. The number of hydrogen-bond acceptors (Lipinski definition) is 1. The Morgan fingerprint density at radius 3 is 2.77 bits per heavy atom. The Bertz CT molecular complexity index is 264. The van der Waals surface area contributed by atoms with Crippen LogP contribution in [0.4, 0.5) is 0 Å². The molecule has 2 heteroatoms. The molecule has 1 N–H and O–H groups in total. The fourth-order valence-electron chi connectivity index (χ4n) is 1.73. The van der Waals surface area contributed by atoms with Gasteiger partial charge in [0.25, 0.3) is 0 Å². The van der Waals surface area contributed by atoms with Crippen molar-refractivity contribution in [3.05, 3.63) is 36.2 Å². The van der Waals surface area contributed by atoms with Crippen LogP contribution in [0.25, 0.3) is 0 Å². The number of nitrogens with zero attached hydrogens (tertiary/aromatic N) is 1. The highest BCUT2D eigenvalue weighted by atomic mass is 15.1. The minimum atomic E-state index is 1.06. The summed E-state index contributed by atoms with van der Waals surface area (Å²) in [7, 11) is 0. The molecule has 2 heterocycles. The predicted molar refractivity (Wildman–Crippen MR) is 54.4 cm³/mol. The second kappa shape index (κ2) is 3.79. The normalized spacial score (nSPS) is 19.2. The first kappa shape index (κ1) is 8.57. The molecule has 0 unspecified atom stereocenters. The zero-order valence-corrected chi connectivity index (χ0v) is 7.92. The molecule has 1 fully saturated rings. The van der Waals surface area contributed by atoms with E-state index in [-0.39, 0.29) is 0 Å². The van der Waals surface area contributed by atoms with Gasteiger partial charge < -0.3 is 4.98 Å². The van der Waals surface area contributed by atoms with Crippen molar-refractivity contribution in [3.63, 3.8) is 0 Å². The standard InChI is InChI=1S/C11H16N2/c1-10-4-7-13(8-5-10)9-11-3-2-6-12-11/h2-3,6,12H,1,4-5,7-9H2. The van der Waals surface area contributed by atoms with Gasteiger partial charge in [0.2, 0.25) is 0 Å². The maximum absolute atomic E-state index is 4.01. The molecule has 0 amide bonds. The van der Waals surface area contributed by atoms with Crippen molar-refractivity contribution in [2.75, 3.05) is 13.1 Å². The average Bonchev–Trinajstić information content (AvgIpc) is 2.62. The molecule has 70 valence electrons. The monoisotopic (exact) mass is 176 g/mol. The van der Waals surface area contributed by atoms with Gasteiger partial charge >= 0.3 is 0 Å². The van der Waals surface area contributed by atoms with Crippen LogP contribution in [0.1, 0.15) is 18.5 Å². The molecule has 2 nitrogen and oxygen atoms in total. The number of H-pyrrole nitrogens is 1. The largest absolute Gasteiger partial charge is 0.364 e. The Morgan fingerprint density at radius 2 is 2.15 bits per heavy atom. The van der Waals surface area contributed by atoms with Crippen LogP contribution in [0.2, 0.25) is 0 Å². The van der Waals surface area contributed by atoms with E-state index in [4.69, 9.17) is 0 Å². The molecule has 0 spiro atoms. The number of aromatic amines is 1. The van der Waals surface area contributed by atoms with Crippen molar-refractivity contribution in [1.29, 1.82) is 0 Å². The van der Waals surface area contributed by atoms with Gasteiger partial charge in [-0.15, -0.1) is 0 Å². The fourth-order valence-corrected chi connectivity index (χ4v) is 1.73. The molecule has 1 aromatic rings. The third-order valence-electron chi connectivity index (χ3n) is 2.62. The first-order chi connectivity index (χ1) is 6.34. The number of aromatic nitrogens is 1. The molecule has 0 saturated carbocycles. The zero-order chi connectivity index (χ0) is 9.10. The highest BCUT2D eigenvalue weighted by Gasteiger charge is 2.12. The van der Waals surface area contributed by atoms with E-state index in [0.717, 1.165) is 19.6 Å². The summed E-state index contributed by atoms with van der Waals surface area (Å²) in [5.41, 5.74) is 2.72. The van der Waals surface area contributed by atoms with Crippen LogP contribution in [-0.2, 0) is 6.54 Å². The molecule has 0 aliphatic carbocycles. The van der Waals surface area contributed by atoms with Crippen LogP contribution in [0.3, 0.4) is 0 Å². The van der Waals surface area contributed by atoms with Crippen molar-refractivity contribution in [3.8, 4) is 0 Å². The lowest BCUT2D eigenvalue weighted by Gasteiger charge is -2.27. The predicted octanol–water partition coefficient (Wildman–Crippen LogP) is 2.17. The Morgan fingerprint density at radius 1 is 1.38 bits per heavy atom. The summed E-state index contributed by atoms with van der Waals surface area (Å²) in [5, 5.41) is 0. The quantitative estimate of drug-likeness (QED) is 0.684. The van der Waals surface area contributed by atoms with Crippen molar-refractivity contribution in [1.82, 2.24) is 9.88 Å². The van der Waals surface area contributed by atoms with E-state index in [2.05, 4.69) is 28.6 Å². The SMILES string of the molecule is C=C1CCN(Cc2ccc[nH]2)CC1. The molecule has 0 atom stereocenters. The Hall–Kier alpha value is -1.02. The molecule has 1 aromatic heterocycles. The van der Waals surface area contributed by atoms with E-state index in [1.54, 1.807) is 0 Å². The van der Waals surface area contributed by atoms with Crippen LogP contribution in [0.15, 0.2) is 30.5 Å². The smallest absolute Gasteiger partial charge is 0.0385 e. The lowest BCUT2D eigenvalue weighted by Crippen LogP contribution is -2.30. The molecule has 2 rings (SSSR count). The van der Waals surface area contributed by atoms with Gasteiger partial charge in [-0.2, -0.15) is 0 Å². The second-order valence-electron chi connectivity index (χ2n) is 3.72. The first-order valence-corrected chi connectivity index (χ1v) is 4.86. The highest BCUT2D eigenvalue weighted by Crippen LogP contribution is 2.15.